The Morgan fingerprint density at radius 2 is 1.38 bits per heavy atom. The van der Waals surface area contributed by atoms with Crippen LogP contribution in [-0.4, -0.2) is 16.7 Å². The van der Waals surface area contributed by atoms with Crippen molar-refractivity contribution in [1.82, 2.24) is 4.98 Å². The van der Waals surface area contributed by atoms with Gasteiger partial charge < -0.3 is 10.6 Å². The van der Waals surface area contributed by atoms with E-state index in [0.29, 0.717) is 22.6 Å². The van der Waals surface area contributed by atoms with Crippen LogP contribution in [0, 0.1) is 0 Å². The molecule has 0 aliphatic carbocycles. The first kappa shape index (κ1) is 20.3. The van der Waals surface area contributed by atoms with E-state index < -0.39 is 0 Å². The Morgan fingerprint density at radius 1 is 0.793 bits per heavy atom. The minimum atomic E-state index is -0.255. The normalized spacial score (nSPS) is 11.0. The molecule has 0 spiro atoms. The molecule has 5 nitrogen and oxygen atoms in total. The van der Waals surface area contributed by atoms with E-state index in [2.05, 4.69) is 48.5 Å². The highest BCUT2D eigenvalue weighted by molar-refractivity contribution is 6.04. The minimum Gasteiger partial charge on any atom is -0.340 e. The maximum atomic E-state index is 12.4. The summed E-state index contributed by atoms with van der Waals surface area (Å²) < 4.78 is 0. The Hall–Kier alpha value is -3.47. The molecule has 2 aromatic carbocycles. The summed E-state index contributed by atoms with van der Waals surface area (Å²) in [6.07, 6.45) is 1.53. The number of anilines is 3. The fourth-order valence-electron chi connectivity index (χ4n) is 2.80. The largest absolute Gasteiger partial charge is 0.340 e. The maximum Gasteiger partial charge on any atom is 0.257 e. The zero-order valence-corrected chi connectivity index (χ0v) is 17.1. The Morgan fingerprint density at radius 3 is 1.90 bits per heavy atom. The summed E-state index contributed by atoms with van der Waals surface area (Å²) in [6.45, 7) is 8.04. The van der Waals surface area contributed by atoms with Crippen molar-refractivity contribution in [2.75, 3.05) is 10.6 Å². The van der Waals surface area contributed by atoms with Crippen LogP contribution in [-0.2, 0) is 5.41 Å². The van der Waals surface area contributed by atoms with Gasteiger partial charge in [0.15, 0.2) is 5.78 Å². The zero-order chi connectivity index (χ0) is 21.0. The van der Waals surface area contributed by atoms with Crippen molar-refractivity contribution in [3.05, 3.63) is 83.6 Å². The van der Waals surface area contributed by atoms with Gasteiger partial charge in [-0.05, 0) is 66.4 Å². The number of carbonyl (C=O) groups is 2. The summed E-state index contributed by atoms with van der Waals surface area (Å²) in [4.78, 5) is 28.0. The summed E-state index contributed by atoms with van der Waals surface area (Å²) >= 11 is 0. The van der Waals surface area contributed by atoms with Gasteiger partial charge in [0.2, 0.25) is 0 Å². The summed E-state index contributed by atoms with van der Waals surface area (Å²) in [6, 6.07) is 18.5. The second kappa shape index (κ2) is 8.27. The molecule has 0 bridgehead atoms. The standard InChI is InChI=1S/C24H25N3O2/c1-16(28)17-5-10-21(11-6-17)27-23(29)18-7-14-22(25-15-18)26-20-12-8-19(9-13-20)24(2,3)4/h5-15H,1-4H3,(H,25,26)(H,27,29). The molecule has 0 saturated heterocycles. The quantitative estimate of drug-likeness (QED) is 0.561. The number of Topliss-reactive ketones (excluding diaryl/α,β-unsaturated/α-hetero) is 1. The summed E-state index contributed by atoms with van der Waals surface area (Å²) in [5, 5.41) is 6.04. The molecule has 0 aliphatic rings. The first-order valence-corrected chi connectivity index (χ1v) is 9.48. The van der Waals surface area contributed by atoms with Crippen molar-refractivity contribution in [3.8, 4) is 0 Å². The highest BCUT2D eigenvalue weighted by atomic mass is 16.1. The number of rotatable bonds is 5. The van der Waals surface area contributed by atoms with Crippen LogP contribution in [0.1, 0.15) is 54.0 Å². The van der Waals surface area contributed by atoms with E-state index >= 15 is 0 Å². The van der Waals surface area contributed by atoms with Crippen LogP contribution in [0.2, 0.25) is 0 Å². The molecule has 5 heteroatoms. The molecule has 0 saturated carbocycles. The second-order valence-corrected chi connectivity index (χ2v) is 7.97. The van der Waals surface area contributed by atoms with Crippen LogP contribution < -0.4 is 10.6 Å². The number of nitrogens with zero attached hydrogens (tertiary/aromatic N) is 1. The monoisotopic (exact) mass is 387 g/mol. The number of nitrogens with one attached hydrogen (secondary N) is 2. The molecule has 29 heavy (non-hydrogen) atoms. The van der Waals surface area contributed by atoms with E-state index in [-0.39, 0.29) is 17.1 Å². The third-order valence-corrected chi connectivity index (χ3v) is 4.60. The first-order chi connectivity index (χ1) is 13.7. The molecule has 0 aliphatic heterocycles. The van der Waals surface area contributed by atoms with Gasteiger partial charge in [0, 0.05) is 23.1 Å². The third kappa shape index (κ3) is 5.29. The number of benzene rings is 2. The van der Waals surface area contributed by atoms with Gasteiger partial charge in [0.25, 0.3) is 5.91 Å². The third-order valence-electron chi connectivity index (χ3n) is 4.60. The number of carbonyl (C=O) groups excluding carboxylic acids is 2. The number of hydrogen-bond donors (Lipinski definition) is 2. The zero-order valence-electron chi connectivity index (χ0n) is 17.1. The van der Waals surface area contributed by atoms with Gasteiger partial charge in [-0.3, -0.25) is 9.59 Å². The molecule has 1 heterocycles. The highest BCUT2D eigenvalue weighted by Gasteiger charge is 2.13. The predicted octanol–water partition coefficient (Wildman–Crippen LogP) is 5.58. The minimum absolute atomic E-state index is 0.0109. The van der Waals surface area contributed by atoms with E-state index in [1.807, 2.05) is 12.1 Å². The van der Waals surface area contributed by atoms with E-state index in [1.165, 1.54) is 18.7 Å². The van der Waals surface area contributed by atoms with Crippen LogP contribution in [0.5, 0.6) is 0 Å². The van der Waals surface area contributed by atoms with Crippen molar-refractivity contribution in [1.29, 1.82) is 0 Å². The van der Waals surface area contributed by atoms with Gasteiger partial charge in [0.1, 0.15) is 5.82 Å². The number of amides is 1. The number of hydrogen-bond acceptors (Lipinski definition) is 4. The van der Waals surface area contributed by atoms with E-state index in [0.717, 1.165) is 5.69 Å². The van der Waals surface area contributed by atoms with Gasteiger partial charge in [-0.1, -0.05) is 32.9 Å². The maximum absolute atomic E-state index is 12.4. The van der Waals surface area contributed by atoms with Crippen LogP contribution in [0.3, 0.4) is 0 Å². The molecule has 1 aromatic heterocycles. The van der Waals surface area contributed by atoms with Crippen molar-refractivity contribution in [2.24, 2.45) is 0 Å². The van der Waals surface area contributed by atoms with E-state index in [1.54, 1.807) is 36.4 Å². The number of aromatic nitrogens is 1. The predicted molar refractivity (Wildman–Crippen MR) is 117 cm³/mol. The van der Waals surface area contributed by atoms with Gasteiger partial charge in [-0.15, -0.1) is 0 Å². The summed E-state index contributed by atoms with van der Waals surface area (Å²) in [7, 11) is 0. The molecule has 1 amide bonds. The molecule has 2 N–H and O–H groups in total. The van der Waals surface area contributed by atoms with Crippen LogP contribution in [0.4, 0.5) is 17.2 Å². The Balaban J connectivity index is 1.63. The van der Waals surface area contributed by atoms with Crippen LogP contribution in [0.25, 0.3) is 0 Å². The van der Waals surface area contributed by atoms with Gasteiger partial charge in [0.05, 0.1) is 5.56 Å². The van der Waals surface area contributed by atoms with Crippen molar-refractivity contribution >= 4 is 28.9 Å². The van der Waals surface area contributed by atoms with Crippen molar-refractivity contribution < 1.29 is 9.59 Å². The van der Waals surface area contributed by atoms with Gasteiger partial charge >= 0.3 is 0 Å². The van der Waals surface area contributed by atoms with Crippen molar-refractivity contribution in [2.45, 2.75) is 33.1 Å². The topological polar surface area (TPSA) is 71.1 Å². The van der Waals surface area contributed by atoms with Gasteiger partial charge in [-0.25, -0.2) is 4.98 Å². The lowest BCUT2D eigenvalue weighted by Crippen LogP contribution is -2.12. The fourth-order valence-corrected chi connectivity index (χ4v) is 2.80. The number of ketones is 1. The molecule has 3 rings (SSSR count). The Kier molecular flexibility index (Phi) is 5.78. The average Bonchev–Trinajstić information content (AvgIpc) is 2.68. The van der Waals surface area contributed by atoms with Crippen LogP contribution >= 0.6 is 0 Å². The molecular weight excluding hydrogens is 362 g/mol. The molecule has 0 fully saturated rings. The Bertz CT molecular complexity index is 1000. The lowest BCUT2D eigenvalue weighted by Gasteiger charge is -2.19. The molecule has 148 valence electrons. The lowest BCUT2D eigenvalue weighted by atomic mass is 9.87. The summed E-state index contributed by atoms with van der Waals surface area (Å²) in [5.41, 5.74) is 4.00. The second-order valence-electron chi connectivity index (χ2n) is 7.97. The molecule has 3 aromatic rings. The summed E-state index contributed by atoms with van der Waals surface area (Å²) in [5.74, 6) is 0.397. The van der Waals surface area contributed by atoms with Crippen molar-refractivity contribution in [3.63, 3.8) is 0 Å². The van der Waals surface area contributed by atoms with Crippen LogP contribution in [0.15, 0.2) is 66.9 Å². The smallest absolute Gasteiger partial charge is 0.257 e. The molecule has 0 unspecified atom stereocenters. The molecule has 0 atom stereocenters. The van der Waals surface area contributed by atoms with E-state index in [4.69, 9.17) is 0 Å². The first-order valence-electron chi connectivity index (χ1n) is 9.48. The SMILES string of the molecule is CC(=O)c1ccc(NC(=O)c2ccc(Nc3ccc(C(C)(C)C)cc3)nc2)cc1. The van der Waals surface area contributed by atoms with Gasteiger partial charge in [-0.2, -0.15) is 0 Å². The molecular formula is C24H25N3O2. The fraction of sp³-hybridized carbons (Fsp3) is 0.208. The Labute approximate surface area is 171 Å². The average molecular weight is 387 g/mol. The van der Waals surface area contributed by atoms with E-state index in [9.17, 15) is 9.59 Å². The lowest BCUT2D eigenvalue weighted by molar-refractivity contribution is 0.101. The highest BCUT2D eigenvalue weighted by Crippen LogP contribution is 2.24. The molecule has 0 radical (unpaired) electrons. The number of pyridine rings is 1.